The second-order valence-electron chi connectivity index (χ2n) is 2.50. The lowest BCUT2D eigenvalue weighted by molar-refractivity contribution is 0.421. The summed E-state index contributed by atoms with van der Waals surface area (Å²) in [4.78, 5) is 3.81. The monoisotopic (exact) mass is 276 g/mol. The molecule has 0 spiro atoms. The molecular weight excluding hydrogens is 274 g/mol. The van der Waals surface area contributed by atoms with Gasteiger partial charge in [0.05, 0.1) is 0 Å². The Labute approximate surface area is 92.0 Å². The normalized spacial score (nSPS) is 10.5. The van der Waals surface area contributed by atoms with Crippen molar-refractivity contribution in [3.8, 4) is 11.4 Å². The van der Waals surface area contributed by atoms with E-state index in [1.165, 1.54) is 12.1 Å². The topological polar surface area (TPSA) is 38.9 Å². The molecule has 0 aliphatic carbocycles. The number of rotatable bonds is 1. The van der Waals surface area contributed by atoms with Gasteiger partial charge in [0.15, 0.2) is 0 Å². The summed E-state index contributed by atoms with van der Waals surface area (Å²) in [7, 11) is 0. The zero-order valence-corrected chi connectivity index (χ0v) is 9.01. The van der Waals surface area contributed by atoms with Crippen molar-refractivity contribution in [2.45, 2.75) is 0 Å². The summed E-state index contributed by atoms with van der Waals surface area (Å²) in [5.74, 6) is -0.0166. The Kier molecular flexibility index (Phi) is 2.52. The SMILES string of the molecule is Fc1ccc(-c2noc(Cl)n2)c(Br)c1. The summed E-state index contributed by atoms with van der Waals surface area (Å²) >= 11 is 8.65. The Bertz CT molecular complexity index is 474. The molecule has 1 aromatic heterocycles. The van der Waals surface area contributed by atoms with Crippen molar-refractivity contribution >= 4 is 27.5 Å². The van der Waals surface area contributed by atoms with Crippen molar-refractivity contribution in [1.29, 1.82) is 0 Å². The molecule has 0 amide bonds. The fourth-order valence-electron chi connectivity index (χ4n) is 0.985. The smallest absolute Gasteiger partial charge is 0.320 e. The molecule has 1 aromatic carbocycles. The predicted octanol–water partition coefficient (Wildman–Crippen LogP) is 3.29. The van der Waals surface area contributed by atoms with Gasteiger partial charge < -0.3 is 4.52 Å². The second kappa shape index (κ2) is 3.67. The fraction of sp³-hybridized carbons (Fsp3) is 0. The van der Waals surface area contributed by atoms with E-state index >= 15 is 0 Å². The largest absolute Gasteiger partial charge is 0.321 e. The first-order valence-corrected chi connectivity index (χ1v) is 4.78. The zero-order chi connectivity index (χ0) is 10.1. The molecule has 1 heterocycles. The first kappa shape index (κ1) is 9.61. The van der Waals surface area contributed by atoms with Crippen LogP contribution in [0.15, 0.2) is 27.2 Å². The first-order valence-electron chi connectivity index (χ1n) is 3.61. The summed E-state index contributed by atoms with van der Waals surface area (Å²) in [6.07, 6.45) is 0. The number of halogens is 3. The molecule has 0 saturated carbocycles. The molecule has 2 aromatic rings. The van der Waals surface area contributed by atoms with Crippen molar-refractivity contribution < 1.29 is 8.91 Å². The van der Waals surface area contributed by atoms with Crippen LogP contribution in [0.5, 0.6) is 0 Å². The molecule has 0 bridgehead atoms. The fourth-order valence-corrected chi connectivity index (χ4v) is 1.63. The van der Waals surface area contributed by atoms with E-state index in [-0.39, 0.29) is 11.2 Å². The summed E-state index contributed by atoms with van der Waals surface area (Å²) < 4.78 is 17.9. The quantitative estimate of drug-likeness (QED) is 0.803. The minimum atomic E-state index is -0.338. The van der Waals surface area contributed by atoms with Gasteiger partial charge >= 0.3 is 5.35 Å². The molecule has 0 fully saturated rings. The van der Waals surface area contributed by atoms with Gasteiger partial charge in [-0.2, -0.15) is 4.98 Å². The highest BCUT2D eigenvalue weighted by Gasteiger charge is 2.10. The maximum atomic E-state index is 12.7. The summed E-state index contributed by atoms with van der Waals surface area (Å²) in [6, 6.07) is 4.17. The minimum absolute atomic E-state index is 0.0452. The van der Waals surface area contributed by atoms with Crippen LogP contribution in [0.1, 0.15) is 0 Å². The molecular formula is C8H3BrClFN2O. The third-order valence-electron chi connectivity index (χ3n) is 1.57. The minimum Gasteiger partial charge on any atom is -0.321 e. The Morgan fingerprint density at radius 2 is 2.21 bits per heavy atom. The Hall–Kier alpha value is -0.940. The standard InChI is InChI=1S/C8H3BrClFN2O/c9-6-3-4(11)1-2-5(6)7-12-8(10)14-13-7/h1-3H. The Morgan fingerprint density at radius 3 is 2.79 bits per heavy atom. The lowest BCUT2D eigenvalue weighted by Gasteiger charge is -1.97. The van der Waals surface area contributed by atoms with Crippen LogP contribution < -0.4 is 0 Å². The van der Waals surface area contributed by atoms with Crippen LogP contribution in [-0.4, -0.2) is 10.1 Å². The predicted molar refractivity (Wildman–Crippen MR) is 52.4 cm³/mol. The number of hydrogen-bond acceptors (Lipinski definition) is 3. The summed E-state index contributed by atoms with van der Waals surface area (Å²) in [6.45, 7) is 0. The Morgan fingerprint density at radius 1 is 1.43 bits per heavy atom. The van der Waals surface area contributed by atoms with Crippen molar-refractivity contribution in [3.63, 3.8) is 0 Å². The van der Waals surface area contributed by atoms with E-state index in [0.29, 0.717) is 15.9 Å². The first-order chi connectivity index (χ1) is 6.66. The molecule has 0 N–H and O–H groups in total. The highest BCUT2D eigenvalue weighted by Crippen LogP contribution is 2.27. The molecule has 72 valence electrons. The zero-order valence-electron chi connectivity index (χ0n) is 6.67. The van der Waals surface area contributed by atoms with E-state index in [9.17, 15) is 4.39 Å². The lowest BCUT2D eigenvalue weighted by Crippen LogP contribution is -1.83. The molecule has 0 unspecified atom stereocenters. The maximum Gasteiger partial charge on any atom is 0.320 e. The molecule has 6 heteroatoms. The van der Waals surface area contributed by atoms with Gasteiger partial charge in [-0.05, 0) is 45.7 Å². The average molecular weight is 277 g/mol. The van der Waals surface area contributed by atoms with Crippen LogP contribution in [-0.2, 0) is 0 Å². The lowest BCUT2D eigenvalue weighted by atomic mass is 10.2. The summed E-state index contributed by atoms with van der Waals surface area (Å²) in [5, 5.41) is 3.56. The maximum absolute atomic E-state index is 12.7. The van der Waals surface area contributed by atoms with E-state index < -0.39 is 0 Å². The molecule has 2 rings (SSSR count). The van der Waals surface area contributed by atoms with E-state index in [2.05, 4.69) is 30.6 Å². The molecule has 0 aliphatic rings. The number of benzene rings is 1. The average Bonchev–Trinajstić information content (AvgIpc) is 2.51. The number of hydrogen-bond donors (Lipinski definition) is 0. The van der Waals surface area contributed by atoms with Gasteiger partial charge in [-0.25, -0.2) is 4.39 Å². The Balaban J connectivity index is 2.52. The van der Waals surface area contributed by atoms with E-state index in [1.807, 2.05) is 0 Å². The van der Waals surface area contributed by atoms with Crippen LogP contribution in [0, 0.1) is 5.82 Å². The van der Waals surface area contributed by atoms with E-state index in [1.54, 1.807) is 6.07 Å². The highest BCUT2D eigenvalue weighted by molar-refractivity contribution is 9.10. The molecule has 0 aliphatic heterocycles. The van der Waals surface area contributed by atoms with Crippen molar-refractivity contribution in [1.82, 2.24) is 10.1 Å². The third-order valence-corrected chi connectivity index (χ3v) is 2.38. The molecule has 0 radical (unpaired) electrons. The number of nitrogens with zero attached hydrogens (tertiary/aromatic N) is 2. The van der Waals surface area contributed by atoms with Crippen molar-refractivity contribution in [2.24, 2.45) is 0 Å². The van der Waals surface area contributed by atoms with Crippen molar-refractivity contribution in [3.05, 3.63) is 33.8 Å². The molecule has 3 nitrogen and oxygen atoms in total. The molecule has 0 saturated heterocycles. The van der Waals surface area contributed by atoms with Crippen LogP contribution in [0.4, 0.5) is 4.39 Å². The van der Waals surface area contributed by atoms with E-state index in [4.69, 9.17) is 11.6 Å². The van der Waals surface area contributed by atoms with Gasteiger partial charge in [0, 0.05) is 10.0 Å². The highest BCUT2D eigenvalue weighted by atomic mass is 79.9. The van der Waals surface area contributed by atoms with E-state index in [0.717, 1.165) is 0 Å². The van der Waals surface area contributed by atoms with Crippen LogP contribution in [0.3, 0.4) is 0 Å². The second-order valence-corrected chi connectivity index (χ2v) is 3.67. The molecule has 14 heavy (non-hydrogen) atoms. The third kappa shape index (κ3) is 1.78. The van der Waals surface area contributed by atoms with Gasteiger partial charge in [-0.1, -0.05) is 5.16 Å². The van der Waals surface area contributed by atoms with Crippen LogP contribution in [0.25, 0.3) is 11.4 Å². The summed E-state index contributed by atoms with van der Waals surface area (Å²) in [5.41, 5.74) is 0.627. The van der Waals surface area contributed by atoms with Gasteiger partial charge in [0.2, 0.25) is 5.82 Å². The molecule has 0 atom stereocenters. The van der Waals surface area contributed by atoms with Gasteiger partial charge in [0.25, 0.3) is 0 Å². The van der Waals surface area contributed by atoms with Crippen LogP contribution in [0.2, 0.25) is 5.35 Å². The number of aromatic nitrogens is 2. The van der Waals surface area contributed by atoms with Crippen molar-refractivity contribution in [2.75, 3.05) is 0 Å². The van der Waals surface area contributed by atoms with Gasteiger partial charge in [0.1, 0.15) is 5.82 Å². The van der Waals surface area contributed by atoms with Gasteiger partial charge in [-0.15, -0.1) is 0 Å². The van der Waals surface area contributed by atoms with Gasteiger partial charge in [-0.3, -0.25) is 0 Å². The van der Waals surface area contributed by atoms with Crippen LogP contribution >= 0.6 is 27.5 Å².